The molecule has 0 saturated carbocycles. The average molecular weight is 252 g/mol. The Morgan fingerprint density at radius 3 is 2.65 bits per heavy atom. The van der Waals surface area contributed by atoms with Crippen LogP contribution in [0, 0.1) is 0 Å². The first-order valence-corrected chi connectivity index (χ1v) is 6.98. The summed E-state index contributed by atoms with van der Waals surface area (Å²) in [6.45, 7) is 5.66. The highest BCUT2D eigenvalue weighted by Gasteiger charge is 2.15. The molecule has 0 amide bonds. The summed E-state index contributed by atoms with van der Waals surface area (Å²) in [6, 6.07) is 8.26. The van der Waals surface area contributed by atoms with Crippen LogP contribution in [0.2, 0.25) is 0 Å². The first kappa shape index (κ1) is 14.1. The number of aryl methyl sites for hydroxylation is 1. The molecule has 0 heterocycles. The van der Waals surface area contributed by atoms with Gasteiger partial charge in [-0.05, 0) is 51.1 Å². The molecule has 0 saturated heterocycles. The molecule has 1 rings (SSSR count). The Bertz CT molecular complexity index is 380. The van der Waals surface area contributed by atoms with Gasteiger partial charge in [0, 0.05) is 11.3 Å². The SMILES string of the molecule is CSc1cccc(CCC(=O)OC(C)(C)C)c1. The zero-order valence-corrected chi connectivity index (χ0v) is 11.8. The van der Waals surface area contributed by atoms with Gasteiger partial charge in [-0.15, -0.1) is 11.8 Å². The monoisotopic (exact) mass is 252 g/mol. The van der Waals surface area contributed by atoms with Gasteiger partial charge >= 0.3 is 5.97 Å². The van der Waals surface area contributed by atoms with Crippen molar-refractivity contribution in [3.63, 3.8) is 0 Å². The van der Waals surface area contributed by atoms with Crippen LogP contribution in [-0.2, 0) is 16.0 Å². The molecular weight excluding hydrogens is 232 g/mol. The molecule has 1 aromatic carbocycles. The van der Waals surface area contributed by atoms with Crippen LogP contribution in [0.5, 0.6) is 0 Å². The molecule has 0 bridgehead atoms. The largest absolute Gasteiger partial charge is 0.460 e. The summed E-state index contributed by atoms with van der Waals surface area (Å²) in [5.74, 6) is -0.132. The normalized spacial score (nSPS) is 11.3. The number of rotatable bonds is 4. The molecule has 0 aliphatic rings. The fraction of sp³-hybridized carbons (Fsp3) is 0.500. The van der Waals surface area contributed by atoms with E-state index in [0.29, 0.717) is 6.42 Å². The molecule has 2 nitrogen and oxygen atoms in total. The molecule has 0 unspecified atom stereocenters. The van der Waals surface area contributed by atoms with E-state index >= 15 is 0 Å². The second kappa shape index (κ2) is 6.10. The number of carbonyl (C=O) groups is 1. The third-order valence-corrected chi connectivity index (χ3v) is 2.90. The van der Waals surface area contributed by atoms with Crippen molar-refractivity contribution in [1.29, 1.82) is 0 Å². The van der Waals surface area contributed by atoms with Crippen LogP contribution in [0.4, 0.5) is 0 Å². The van der Waals surface area contributed by atoms with Crippen LogP contribution in [0.1, 0.15) is 32.8 Å². The molecule has 3 heteroatoms. The quantitative estimate of drug-likeness (QED) is 0.604. The minimum atomic E-state index is -0.391. The summed E-state index contributed by atoms with van der Waals surface area (Å²) in [6.07, 6.45) is 3.23. The highest BCUT2D eigenvalue weighted by atomic mass is 32.2. The van der Waals surface area contributed by atoms with E-state index in [1.165, 1.54) is 10.5 Å². The van der Waals surface area contributed by atoms with Gasteiger partial charge in [-0.2, -0.15) is 0 Å². The maximum Gasteiger partial charge on any atom is 0.306 e. The van der Waals surface area contributed by atoms with E-state index < -0.39 is 5.60 Å². The van der Waals surface area contributed by atoms with Crippen LogP contribution < -0.4 is 0 Å². The first-order chi connectivity index (χ1) is 7.90. The van der Waals surface area contributed by atoms with E-state index in [4.69, 9.17) is 4.74 Å². The summed E-state index contributed by atoms with van der Waals surface area (Å²) < 4.78 is 5.27. The van der Waals surface area contributed by atoms with Gasteiger partial charge in [-0.3, -0.25) is 4.79 Å². The Balaban J connectivity index is 2.47. The summed E-state index contributed by atoms with van der Waals surface area (Å²) in [5.41, 5.74) is 0.792. The Hall–Kier alpha value is -0.960. The van der Waals surface area contributed by atoms with Gasteiger partial charge in [0.1, 0.15) is 5.60 Å². The fourth-order valence-corrected chi connectivity index (χ4v) is 1.95. The summed E-state index contributed by atoms with van der Waals surface area (Å²) >= 11 is 1.71. The van der Waals surface area contributed by atoms with E-state index in [1.807, 2.05) is 39.2 Å². The zero-order valence-electron chi connectivity index (χ0n) is 10.9. The number of carbonyl (C=O) groups excluding carboxylic acids is 1. The van der Waals surface area contributed by atoms with Crippen LogP contribution in [0.3, 0.4) is 0 Å². The van der Waals surface area contributed by atoms with Crippen LogP contribution in [-0.4, -0.2) is 17.8 Å². The van der Waals surface area contributed by atoms with E-state index in [2.05, 4.69) is 12.1 Å². The van der Waals surface area contributed by atoms with Crippen molar-refractivity contribution in [2.24, 2.45) is 0 Å². The van der Waals surface area contributed by atoms with Crippen molar-refractivity contribution in [2.75, 3.05) is 6.26 Å². The summed E-state index contributed by atoms with van der Waals surface area (Å²) in [7, 11) is 0. The van der Waals surface area contributed by atoms with Crippen LogP contribution >= 0.6 is 11.8 Å². The van der Waals surface area contributed by atoms with Gasteiger partial charge < -0.3 is 4.74 Å². The number of ether oxygens (including phenoxy) is 1. The van der Waals surface area contributed by atoms with Crippen molar-refractivity contribution in [1.82, 2.24) is 0 Å². The molecule has 0 N–H and O–H groups in total. The minimum absolute atomic E-state index is 0.132. The highest BCUT2D eigenvalue weighted by Crippen LogP contribution is 2.17. The first-order valence-electron chi connectivity index (χ1n) is 5.75. The van der Waals surface area contributed by atoms with Gasteiger partial charge in [-0.1, -0.05) is 12.1 Å². The minimum Gasteiger partial charge on any atom is -0.460 e. The molecule has 0 spiro atoms. The Morgan fingerprint density at radius 1 is 1.35 bits per heavy atom. The number of benzene rings is 1. The standard InChI is InChI=1S/C14H20O2S/c1-14(2,3)16-13(15)9-8-11-6-5-7-12(10-11)17-4/h5-7,10H,8-9H2,1-4H3. The zero-order chi connectivity index (χ0) is 12.9. The molecule has 94 valence electrons. The number of esters is 1. The lowest BCUT2D eigenvalue weighted by Gasteiger charge is -2.19. The Morgan fingerprint density at radius 2 is 2.06 bits per heavy atom. The summed E-state index contributed by atoms with van der Waals surface area (Å²) in [4.78, 5) is 12.8. The van der Waals surface area contributed by atoms with Crippen molar-refractivity contribution < 1.29 is 9.53 Å². The lowest BCUT2D eigenvalue weighted by Crippen LogP contribution is -2.23. The molecular formula is C14H20O2S. The van der Waals surface area contributed by atoms with E-state index in [-0.39, 0.29) is 5.97 Å². The molecule has 0 aliphatic carbocycles. The Labute approximate surface area is 108 Å². The number of hydrogen-bond donors (Lipinski definition) is 0. The van der Waals surface area contributed by atoms with Crippen molar-refractivity contribution in [3.05, 3.63) is 29.8 Å². The molecule has 0 aromatic heterocycles. The van der Waals surface area contributed by atoms with Gasteiger partial charge in [0.15, 0.2) is 0 Å². The lowest BCUT2D eigenvalue weighted by atomic mass is 10.1. The van der Waals surface area contributed by atoms with E-state index in [0.717, 1.165) is 6.42 Å². The molecule has 17 heavy (non-hydrogen) atoms. The molecule has 0 aliphatic heterocycles. The predicted octanol–water partition coefficient (Wildman–Crippen LogP) is 3.68. The molecule has 0 fully saturated rings. The maximum absolute atomic E-state index is 11.6. The second-order valence-electron chi connectivity index (χ2n) is 4.94. The van der Waals surface area contributed by atoms with E-state index in [9.17, 15) is 4.79 Å². The van der Waals surface area contributed by atoms with Crippen molar-refractivity contribution >= 4 is 17.7 Å². The average Bonchev–Trinajstić information content (AvgIpc) is 2.24. The van der Waals surface area contributed by atoms with Gasteiger partial charge in [0.2, 0.25) is 0 Å². The van der Waals surface area contributed by atoms with E-state index in [1.54, 1.807) is 11.8 Å². The van der Waals surface area contributed by atoms with Gasteiger partial charge in [0.05, 0.1) is 0 Å². The van der Waals surface area contributed by atoms with Crippen molar-refractivity contribution in [3.8, 4) is 0 Å². The topological polar surface area (TPSA) is 26.3 Å². The van der Waals surface area contributed by atoms with Crippen LogP contribution in [0.15, 0.2) is 29.2 Å². The summed E-state index contributed by atoms with van der Waals surface area (Å²) in [5, 5.41) is 0. The highest BCUT2D eigenvalue weighted by molar-refractivity contribution is 7.98. The van der Waals surface area contributed by atoms with Gasteiger partial charge in [0.25, 0.3) is 0 Å². The molecule has 1 aromatic rings. The predicted molar refractivity (Wildman–Crippen MR) is 72.4 cm³/mol. The third-order valence-electron chi connectivity index (χ3n) is 2.17. The Kier molecular flexibility index (Phi) is 5.06. The fourth-order valence-electron chi connectivity index (χ4n) is 1.47. The number of hydrogen-bond acceptors (Lipinski definition) is 3. The van der Waals surface area contributed by atoms with Gasteiger partial charge in [-0.25, -0.2) is 0 Å². The smallest absolute Gasteiger partial charge is 0.306 e. The lowest BCUT2D eigenvalue weighted by molar-refractivity contribution is -0.154. The molecule has 0 radical (unpaired) electrons. The number of thioether (sulfide) groups is 1. The van der Waals surface area contributed by atoms with Crippen molar-refractivity contribution in [2.45, 2.75) is 44.1 Å². The second-order valence-corrected chi connectivity index (χ2v) is 5.82. The molecule has 0 atom stereocenters. The maximum atomic E-state index is 11.6. The van der Waals surface area contributed by atoms with Crippen LogP contribution in [0.25, 0.3) is 0 Å². The third kappa shape index (κ3) is 5.78.